The van der Waals surface area contributed by atoms with E-state index in [1.54, 1.807) is 42.5 Å². The van der Waals surface area contributed by atoms with Crippen molar-refractivity contribution in [3.63, 3.8) is 0 Å². The summed E-state index contributed by atoms with van der Waals surface area (Å²) in [6.45, 7) is 6.02. The molecule has 2 rings (SSSR count). The van der Waals surface area contributed by atoms with Gasteiger partial charge in [0.25, 0.3) is 5.91 Å². The molecule has 0 saturated carbocycles. The van der Waals surface area contributed by atoms with E-state index in [1.165, 1.54) is 0 Å². The Labute approximate surface area is 147 Å². The first-order chi connectivity index (χ1) is 12.0. The number of hydrogen-bond acceptors (Lipinski definition) is 4. The SMILES string of the molecule is CCOc1ccc(NC(=O)Oc2ccccc2)cc1C(=O)NC(C)C. The van der Waals surface area contributed by atoms with Gasteiger partial charge in [0.05, 0.1) is 12.2 Å². The van der Waals surface area contributed by atoms with Crippen molar-refractivity contribution >= 4 is 17.7 Å². The van der Waals surface area contributed by atoms with Gasteiger partial charge in [0.1, 0.15) is 11.5 Å². The number of benzene rings is 2. The molecule has 0 bridgehead atoms. The summed E-state index contributed by atoms with van der Waals surface area (Å²) in [5, 5.41) is 5.43. The van der Waals surface area contributed by atoms with Crippen molar-refractivity contribution in [3.8, 4) is 11.5 Å². The molecule has 2 aromatic rings. The number of anilines is 1. The molecule has 2 amide bonds. The van der Waals surface area contributed by atoms with Crippen molar-refractivity contribution in [2.75, 3.05) is 11.9 Å². The van der Waals surface area contributed by atoms with E-state index in [9.17, 15) is 9.59 Å². The van der Waals surface area contributed by atoms with Crippen LogP contribution in [-0.4, -0.2) is 24.6 Å². The third-order valence-corrected chi connectivity index (χ3v) is 3.14. The van der Waals surface area contributed by atoms with Crippen molar-refractivity contribution in [1.29, 1.82) is 0 Å². The first-order valence-corrected chi connectivity index (χ1v) is 8.11. The predicted molar refractivity (Wildman–Crippen MR) is 96.3 cm³/mol. The van der Waals surface area contributed by atoms with E-state index in [2.05, 4.69) is 10.6 Å². The van der Waals surface area contributed by atoms with E-state index in [0.29, 0.717) is 29.4 Å². The lowest BCUT2D eigenvalue weighted by molar-refractivity contribution is 0.0939. The normalized spacial score (nSPS) is 10.2. The first-order valence-electron chi connectivity index (χ1n) is 8.11. The molecule has 6 heteroatoms. The number of nitrogens with one attached hydrogen (secondary N) is 2. The van der Waals surface area contributed by atoms with Crippen molar-refractivity contribution in [1.82, 2.24) is 5.32 Å². The number of amides is 2. The molecule has 132 valence electrons. The van der Waals surface area contributed by atoms with Crippen molar-refractivity contribution in [2.45, 2.75) is 26.8 Å². The summed E-state index contributed by atoms with van der Waals surface area (Å²) in [5.74, 6) is 0.630. The summed E-state index contributed by atoms with van der Waals surface area (Å²) in [4.78, 5) is 24.3. The minimum absolute atomic E-state index is 0.0124. The molecule has 0 aliphatic carbocycles. The van der Waals surface area contributed by atoms with Gasteiger partial charge in [-0.2, -0.15) is 0 Å². The number of rotatable bonds is 6. The molecule has 0 aliphatic rings. The Bertz CT molecular complexity index is 729. The second-order valence-corrected chi connectivity index (χ2v) is 5.60. The lowest BCUT2D eigenvalue weighted by atomic mass is 10.1. The van der Waals surface area contributed by atoms with Crippen LogP contribution in [0.2, 0.25) is 0 Å². The van der Waals surface area contributed by atoms with Crippen LogP contribution in [0.5, 0.6) is 11.5 Å². The van der Waals surface area contributed by atoms with Crippen LogP contribution in [0.3, 0.4) is 0 Å². The summed E-state index contributed by atoms with van der Waals surface area (Å²) in [5.41, 5.74) is 0.798. The molecule has 0 radical (unpaired) electrons. The van der Waals surface area contributed by atoms with Gasteiger partial charge in [0.15, 0.2) is 0 Å². The van der Waals surface area contributed by atoms with Crippen LogP contribution in [0, 0.1) is 0 Å². The molecule has 0 unspecified atom stereocenters. The highest BCUT2D eigenvalue weighted by molar-refractivity contribution is 5.99. The molecule has 6 nitrogen and oxygen atoms in total. The lowest BCUT2D eigenvalue weighted by Gasteiger charge is -2.14. The van der Waals surface area contributed by atoms with Crippen molar-refractivity contribution in [2.24, 2.45) is 0 Å². The van der Waals surface area contributed by atoms with Crippen LogP contribution < -0.4 is 20.1 Å². The molecule has 0 atom stereocenters. The Hall–Kier alpha value is -3.02. The third kappa shape index (κ3) is 5.53. The van der Waals surface area contributed by atoms with Gasteiger partial charge in [-0.25, -0.2) is 4.79 Å². The van der Waals surface area contributed by atoms with Gasteiger partial charge < -0.3 is 14.8 Å². The maximum Gasteiger partial charge on any atom is 0.417 e. The number of para-hydroxylation sites is 1. The third-order valence-electron chi connectivity index (χ3n) is 3.14. The van der Waals surface area contributed by atoms with Gasteiger partial charge in [0.2, 0.25) is 0 Å². The van der Waals surface area contributed by atoms with Crippen LogP contribution in [0.1, 0.15) is 31.1 Å². The van der Waals surface area contributed by atoms with E-state index in [0.717, 1.165) is 0 Å². The molecular weight excluding hydrogens is 320 g/mol. The molecule has 0 aliphatic heterocycles. The molecular formula is C19H22N2O4. The predicted octanol–water partition coefficient (Wildman–Crippen LogP) is 3.83. The summed E-state index contributed by atoms with van der Waals surface area (Å²) < 4.78 is 10.7. The molecule has 0 saturated heterocycles. The Morgan fingerprint density at radius 1 is 1.08 bits per heavy atom. The molecule has 0 spiro atoms. The van der Waals surface area contributed by atoms with Gasteiger partial charge in [-0.05, 0) is 51.1 Å². The number of ether oxygens (including phenoxy) is 2. The molecule has 2 N–H and O–H groups in total. The minimum Gasteiger partial charge on any atom is -0.493 e. The van der Waals surface area contributed by atoms with Gasteiger partial charge in [0, 0.05) is 11.7 Å². The van der Waals surface area contributed by atoms with Crippen molar-refractivity contribution in [3.05, 3.63) is 54.1 Å². The zero-order chi connectivity index (χ0) is 18.2. The topological polar surface area (TPSA) is 76.7 Å². The second kappa shape index (κ2) is 8.73. The highest BCUT2D eigenvalue weighted by Gasteiger charge is 2.15. The van der Waals surface area contributed by atoms with Crippen LogP contribution in [0.15, 0.2) is 48.5 Å². The molecule has 0 aromatic heterocycles. The molecule has 25 heavy (non-hydrogen) atoms. The zero-order valence-electron chi connectivity index (χ0n) is 14.5. The average Bonchev–Trinajstić information content (AvgIpc) is 2.56. The number of carbonyl (C=O) groups is 2. The Kier molecular flexibility index (Phi) is 6.39. The zero-order valence-corrected chi connectivity index (χ0v) is 14.5. The standard InChI is InChI=1S/C19H22N2O4/c1-4-24-17-11-10-14(12-16(17)18(22)20-13(2)3)21-19(23)25-15-8-6-5-7-9-15/h5-13H,4H2,1-3H3,(H,20,22)(H,21,23). The van der Waals surface area contributed by atoms with Gasteiger partial charge in [-0.3, -0.25) is 10.1 Å². The van der Waals surface area contributed by atoms with Crippen molar-refractivity contribution < 1.29 is 19.1 Å². The Morgan fingerprint density at radius 2 is 1.80 bits per heavy atom. The maximum absolute atomic E-state index is 12.3. The summed E-state index contributed by atoms with van der Waals surface area (Å²) >= 11 is 0. The van der Waals surface area contributed by atoms with E-state index in [-0.39, 0.29) is 11.9 Å². The highest BCUT2D eigenvalue weighted by Crippen LogP contribution is 2.23. The lowest BCUT2D eigenvalue weighted by Crippen LogP contribution is -2.30. The van der Waals surface area contributed by atoms with E-state index in [1.807, 2.05) is 26.8 Å². The molecule has 0 heterocycles. The minimum atomic E-state index is -0.634. The van der Waals surface area contributed by atoms with E-state index in [4.69, 9.17) is 9.47 Å². The fraction of sp³-hybridized carbons (Fsp3) is 0.263. The van der Waals surface area contributed by atoms with Gasteiger partial charge in [-0.15, -0.1) is 0 Å². The fourth-order valence-corrected chi connectivity index (χ4v) is 2.15. The summed E-state index contributed by atoms with van der Waals surface area (Å²) in [6, 6.07) is 13.6. The maximum atomic E-state index is 12.3. The average molecular weight is 342 g/mol. The fourth-order valence-electron chi connectivity index (χ4n) is 2.15. The van der Waals surface area contributed by atoms with Gasteiger partial charge in [-0.1, -0.05) is 18.2 Å². The Morgan fingerprint density at radius 3 is 2.44 bits per heavy atom. The van der Waals surface area contributed by atoms with Crippen LogP contribution >= 0.6 is 0 Å². The first kappa shape index (κ1) is 18.3. The monoisotopic (exact) mass is 342 g/mol. The van der Waals surface area contributed by atoms with E-state index >= 15 is 0 Å². The molecule has 2 aromatic carbocycles. The largest absolute Gasteiger partial charge is 0.493 e. The molecule has 0 fully saturated rings. The van der Waals surface area contributed by atoms with E-state index < -0.39 is 6.09 Å². The highest BCUT2D eigenvalue weighted by atomic mass is 16.6. The van der Waals surface area contributed by atoms with Crippen LogP contribution in [0.25, 0.3) is 0 Å². The number of carbonyl (C=O) groups excluding carboxylic acids is 2. The summed E-state index contributed by atoms with van der Waals surface area (Å²) in [7, 11) is 0. The van der Waals surface area contributed by atoms with Crippen LogP contribution in [-0.2, 0) is 0 Å². The van der Waals surface area contributed by atoms with Crippen LogP contribution in [0.4, 0.5) is 10.5 Å². The quantitative estimate of drug-likeness (QED) is 0.836. The number of hydrogen-bond donors (Lipinski definition) is 2. The second-order valence-electron chi connectivity index (χ2n) is 5.60. The summed E-state index contributed by atoms with van der Waals surface area (Å²) in [6.07, 6.45) is -0.634. The van der Waals surface area contributed by atoms with Gasteiger partial charge >= 0.3 is 6.09 Å². The smallest absolute Gasteiger partial charge is 0.417 e. The Balaban J connectivity index is 2.15.